The van der Waals surface area contributed by atoms with Crippen molar-refractivity contribution in [2.45, 2.75) is 18.7 Å². The molecule has 1 fully saturated rings. The summed E-state index contributed by atoms with van der Waals surface area (Å²) < 4.78 is 0. The molecule has 0 aromatic heterocycles. The molecule has 1 heterocycles. The van der Waals surface area contributed by atoms with Gasteiger partial charge < -0.3 is 10.2 Å². The average Bonchev–Trinajstić information content (AvgIpc) is 2.69. The number of halogens is 1. The minimum Gasteiger partial charge on any atom is -0.352 e. The minimum atomic E-state index is -0.181. The molecule has 1 atom stereocenters. The molecule has 1 N–H and O–H groups in total. The summed E-state index contributed by atoms with van der Waals surface area (Å²) in [4.78, 5) is 25.3. The highest BCUT2D eigenvalue weighted by Crippen LogP contribution is 2.27. The maximum atomic E-state index is 11.9. The molecule has 2 rings (SSSR count). The van der Waals surface area contributed by atoms with E-state index < -0.39 is 0 Å². The summed E-state index contributed by atoms with van der Waals surface area (Å²) in [5.41, 5.74) is 1.15. The first kappa shape index (κ1) is 12.9. The molecular formula is C13H15ClN2O2. The van der Waals surface area contributed by atoms with E-state index in [4.69, 9.17) is 11.6 Å². The van der Waals surface area contributed by atoms with Crippen LogP contribution in [0.5, 0.6) is 0 Å². The first-order valence-corrected chi connectivity index (χ1v) is 6.38. The quantitative estimate of drug-likeness (QED) is 0.848. The van der Waals surface area contributed by atoms with Crippen LogP contribution in [0.4, 0.5) is 5.69 Å². The molecule has 18 heavy (non-hydrogen) atoms. The number of nitrogens with one attached hydrogen (secondary N) is 1. The smallest absolute Gasteiger partial charge is 0.253 e. The SMILES string of the molecule is CCNC(=O)c1ccccc1N1CC(Cl)CC1=O. The molecule has 1 aliphatic rings. The third-order valence-corrected chi connectivity index (χ3v) is 3.15. The van der Waals surface area contributed by atoms with Gasteiger partial charge in [0.15, 0.2) is 0 Å². The van der Waals surface area contributed by atoms with Crippen LogP contribution in [0.1, 0.15) is 23.7 Å². The zero-order chi connectivity index (χ0) is 13.1. The first-order chi connectivity index (χ1) is 8.63. The molecule has 0 radical (unpaired) electrons. The van der Waals surface area contributed by atoms with Gasteiger partial charge in [-0.3, -0.25) is 9.59 Å². The molecule has 4 nitrogen and oxygen atoms in total. The summed E-state index contributed by atoms with van der Waals surface area (Å²) in [5.74, 6) is -0.203. The van der Waals surface area contributed by atoms with Gasteiger partial charge in [-0.1, -0.05) is 12.1 Å². The number of anilines is 1. The minimum absolute atomic E-state index is 0.0354. The highest BCUT2D eigenvalue weighted by molar-refractivity contribution is 6.24. The Labute approximate surface area is 111 Å². The van der Waals surface area contributed by atoms with Gasteiger partial charge in [-0.25, -0.2) is 0 Å². The van der Waals surface area contributed by atoms with E-state index >= 15 is 0 Å². The van der Waals surface area contributed by atoms with Gasteiger partial charge >= 0.3 is 0 Å². The maximum absolute atomic E-state index is 11.9. The van der Waals surface area contributed by atoms with Crippen LogP contribution >= 0.6 is 11.6 Å². The van der Waals surface area contributed by atoms with Crippen molar-refractivity contribution in [1.29, 1.82) is 0 Å². The summed E-state index contributed by atoms with van der Waals surface area (Å²) in [7, 11) is 0. The zero-order valence-electron chi connectivity index (χ0n) is 10.1. The molecule has 1 aliphatic heterocycles. The molecule has 5 heteroatoms. The van der Waals surface area contributed by atoms with E-state index in [2.05, 4.69) is 5.32 Å². The lowest BCUT2D eigenvalue weighted by atomic mass is 10.1. The fraction of sp³-hybridized carbons (Fsp3) is 0.385. The van der Waals surface area contributed by atoms with Crippen LogP contribution in [0, 0.1) is 0 Å². The summed E-state index contributed by atoms with van der Waals surface area (Å²) >= 11 is 5.98. The number of rotatable bonds is 3. The first-order valence-electron chi connectivity index (χ1n) is 5.95. The lowest BCUT2D eigenvalue weighted by molar-refractivity contribution is -0.117. The van der Waals surface area contributed by atoms with E-state index in [0.717, 1.165) is 0 Å². The number of nitrogens with zero attached hydrogens (tertiary/aromatic N) is 1. The summed E-state index contributed by atoms with van der Waals surface area (Å²) in [6.45, 7) is 2.87. The Morgan fingerprint density at radius 3 is 2.83 bits per heavy atom. The number of hydrogen-bond donors (Lipinski definition) is 1. The van der Waals surface area contributed by atoms with E-state index in [0.29, 0.717) is 30.8 Å². The van der Waals surface area contributed by atoms with E-state index in [-0.39, 0.29) is 17.2 Å². The summed E-state index contributed by atoms with van der Waals surface area (Å²) in [6.07, 6.45) is 0.325. The summed E-state index contributed by atoms with van der Waals surface area (Å²) in [6, 6.07) is 7.09. The third kappa shape index (κ3) is 2.48. The zero-order valence-corrected chi connectivity index (χ0v) is 10.9. The number of carbonyl (C=O) groups is 2. The van der Waals surface area contributed by atoms with Gasteiger partial charge in [-0.05, 0) is 19.1 Å². The maximum Gasteiger partial charge on any atom is 0.253 e. The van der Waals surface area contributed by atoms with E-state index in [1.165, 1.54) is 0 Å². The number of para-hydroxylation sites is 1. The van der Waals surface area contributed by atoms with Crippen LogP contribution in [-0.4, -0.2) is 30.3 Å². The largest absolute Gasteiger partial charge is 0.352 e. The van der Waals surface area contributed by atoms with Gasteiger partial charge in [0.1, 0.15) is 0 Å². The van der Waals surface area contributed by atoms with Crippen molar-refractivity contribution in [3.8, 4) is 0 Å². The Morgan fingerprint density at radius 2 is 2.22 bits per heavy atom. The molecule has 96 valence electrons. The summed E-state index contributed by atoms with van der Waals surface area (Å²) in [5, 5.41) is 2.56. The normalized spacial score (nSPS) is 19.1. The average molecular weight is 267 g/mol. The van der Waals surface area contributed by atoms with Gasteiger partial charge in [0.05, 0.1) is 16.6 Å². The molecule has 0 spiro atoms. The van der Waals surface area contributed by atoms with Crippen molar-refractivity contribution in [3.05, 3.63) is 29.8 Å². The number of hydrogen-bond acceptors (Lipinski definition) is 2. The van der Waals surface area contributed by atoms with Gasteiger partial charge in [0.25, 0.3) is 5.91 Å². The van der Waals surface area contributed by atoms with Crippen LogP contribution in [0.25, 0.3) is 0 Å². The number of benzene rings is 1. The molecule has 1 aromatic carbocycles. The molecule has 0 saturated carbocycles. The number of amides is 2. The van der Waals surface area contributed by atoms with Crippen LogP contribution in [0.3, 0.4) is 0 Å². The van der Waals surface area contributed by atoms with E-state index in [9.17, 15) is 9.59 Å². The van der Waals surface area contributed by atoms with Crippen LogP contribution in [-0.2, 0) is 4.79 Å². The Hall–Kier alpha value is -1.55. The van der Waals surface area contributed by atoms with Crippen molar-refractivity contribution < 1.29 is 9.59 Å². The molecule has 2 amide bonds. The molecular weight excluding hydrogens is 252 g/mol. The lowest BCUT2D eigenvalue weighted by Gasteiger charge is -2.19. The standard InChI is InChI=1S/C13H15ClN2O2/c1-2-15-13(18)10-5-3-4-6-11(10)16-8-9(14)7-12(16)17/h3-6,9H,2,7-8H2,1H3,(H,15,18). The highest BCUT2D eigenvalue weighted by Gasteiger charge is 2.31. The van der Waals surface area contributed by atoms with Crippen LogP contribution in [0.2, 0.25) is 0 Å². The van der Waals surface area contributed by atoms with Gasteiger partial charge in [0, 0.05) is 19.5 Å². The van der Waals surface area contributed by atoms with Gasteiger partial charge in [-0.2, -0.15) is 0 Å². The van der Waals surface area contributed by atoms with Crippen molar-refractivity contribution in [1.82, 2.24) is 5.32 Å². The second-order valence-corrected chi connectivity index (χ2v) is 4.80. The molecule has 1 unspecified atom stereocenters. The van der Waals surface area contributed by atoms with E-state index in [1.54, 1.807) is 23.1 Å². The second-order valence-electron chi connectivity index (χ2n) is 4.18. The van der Waals surface area contributed by atoms with Crippen molar-refractivity contribution in [2.24, 2.45) is 0 Å². The molecule has 0 bridgehead atoms. The van der Waals surface area contributed by atoms with Crippen molar-refractivity contribution >= 4 is 29.1 Å². The Kier molecular flexibility index (Phi) is 3.87. The highest BCUT2D eigenvalue weighted by atomic mass is 35.5. The van der Waals surface area contributed by atoms with E-state index in [1.807, 2.05) is 13.0 Å². The van der Waals surface area contributed by atoms with Crippen molar-refractivity contribution in [3.63, 3.8) is 0 Å². The lowest BCUT2D eigenvalue weighted by Crippen LogP contribution is -2.30. The predicted octanol–water partition coefficient (Wildman–Crippen LogP) is 1.78. The number of carbonyl (C=O) groups excluding carboxylic acids is 2. The fourth-order valence-electron chi connectivity index (χ4n) is 2.05. The van der Waals surface area contributed by atoms with Gasteiger partial charge in [-0.15, -0.1) is 11.6 Å². The predicted molar refractivity (Wildman–Crippen MR) is 71.1 cm³/mol. The molecule has 1 saturated heterocycles. The monoisotopic (exact) mass is 266 g/mol. The Bertz CT molecular complexity index is 476. The topological polar surface area (TPSA) is 49.4 Å². The van der Waals surface area contributed by atoms with Crippen LogP contribution < -0.4 is 10.2 Å². The fourth-order valence-corrected chi connectivity index (χ4v) is 2.32. The molecule has 1 aromatic rings. The second kappa shape index (κ2) is 5.40. The Morgan fingerprint density at radius 1 is 1.50 bits per heavy atom. The van der Waals surface area contributed by atoms with Crippen molar-refractivity contribution in [2.75, 3.05) is 18.0 Å². The molecule has 0 aliphatic carbocycles. The number of alkyl halides is 1. The van der Waals surface area contributed by atoms with Gasteiger partial charge in [0.2, 0.25) is 5.91 Å². The van der Waals surface area contributed by atoms with Crippen LogP contribution in [0.15, 0.2) is 24.3 Å². The Balaban J connectivity index is 2.33. The third-order valence-electron chi connectivity index (χ3n) is 2.85.